The lowest BCUT2D eigenvalue weighted by atomic mass is 10.1. The summed E-state index contributed by atoms with van der Waals surface area (Å²) in [5.74, 6) is -0.0120. The second-order valence-corrected chi connectivity index (χ2v) is 12.3. The first-order valence-electron chi connectivity index (χ1n) is 7.86. The SMILES string of the molecule is CC(O[Si](C)(C)C(C)(C)C)C1Oc2cc([N+](=O)[O-])ccc2NC1=O. The number of fused-ring (bicyclic) bond motifs is 1. The summed E-state index contributed by atoms with van der Waals surface area (Å²) < 4.78 is 12.0. The first kappa shape index (κ1) is 18.4. The van der Waals surface area contributed by atoms with Crippen molar-refractivity contribution in [3.8, 4) is 5.75 Å². The number of carbonyl (C=O) groups is 1. The van der Waals surface area contributed by atoms with E-state index in [4.69, 9.17) is 9.16 Å². The molecule has 0 aliphatic carbocycles. The summed E-state index contributed by atoms with van der Waals surface area (Å²) in [7, 11) is -2.07. The zero-order chi connectivity index (χ0) is 18.3. The highest BCUT2D eigenvalue weighted by molar-refractivity contribution is 6.74. The number of nitrogens with one attached hydrogen (secondary N) is 1. The summed E-state index contributed by atoms with van der Waals surface area (Å²) in [6.07, 6.45) is -1.30. The van der Waals surface area contributed by atoms with Crippen molar-refractivity contribution in [3.05, 3.63) is 28.3 Å². The first-order valence-corrected chi connectivity index (χ1v) is 10.8. The molecule has 0 radical (unpaired) electrons. The number of amides is 1. The highest BCUT2D eigenvalue weighted by Crippen LogP contribution is 2.39. The summed E-state index contributed by atoms with van der Waals surface area (Å²) >= 11 is 0. The molecule has 0 bridgehead atoms. The Labute approximate surface area is 142 Å². The van der Waals surface area contributed by atoms with E-state index in [1.54, 1.807) is 6.92 Å². The molecule has 132 valence electrons. The molecule has 2 rings (SSSR count). The summed E-state index contributed by atoms with van der Waals surface area (Å²) in [4.78, 5) is 22.7. The summed E-state index contributed by atoms with van der Waals surface area (Å²) in [6.45, 7) is 12.4. The van der Waals surface area contributed by atoms with Gasteiger partial charge in [-0.15, -0.1) is 0 Å². The standard InChI is InChI=1S/C16H24N2O5Si/c1-10(23-24(5,6)16(2,3)4)14-15(19)17-12-8-7-11(18(20)21)9-13(12)22-14/h7-10,14H,1-6H3,(H,17,19). The molecular weight excluding hydrogens is 328 g/mol. The lowest BCUT2D eigenvalue weighted by Gasteiger charge is -2.40. The Balaban J connectivity index is 2.22. The maximum atomic E-state index is 12.3. The van der Waals surface area contributed by atoms with Crippen molar-refractivity contribution in [3.63, 3.8) is 0 Å². The van der Waals surface area contributed by atoms with Crippen LogP contribution in [0.3, 0.4) is 0 Å². The number of ether oxygens (including phenoxy) is 1. The summed E-state index contributed by atoms with van der Waals surface area (Å²) in [6, 6.07) is 4.13. The molecule has 7 nitrogen and oxygen atoms in total. The minimum Gasteiger partial charge on any atom is -0.475 e. The topological polar surface area (TPSA) is 90.7 Å². The van der Waals surface area contributed by atoms with Gasteiger partial charge in [0.1, 0.15) is 0 Å². The Morgan fingerprint density at radius 2 is 2.00 bits per heavy atom. The van der Waals surface area contributed by atoms with Gasteiger partial charge in [0, 0.05) is 6.07 Å². The molecule has 1 aromatic rings. The monoisotopic (exact) mass is 352 g/mol. The van der Waals surface area contributed by atoms with Gasteiger partial charge >= 0.3 is 0 Å². The van der Waals surface area contributed by atoms with E-state index in [-0.39, 0.29) is 16.6 Å². The molecular formula is C16H24N2O5Si. The van der Waals surface area contributed by atoms with Crippen LogP contribution >= 0.6 is 0 Å². The smallest absolute Gasteiger partial charge is 0.273 e. The number of benzene rings is 1. The highest BCUT2D eigenvalue weighted by Gasteiger charge is 2.42. The molecule has 1 aliphatic heterocycles. The molecule has 2 atom stereocenters. The number of nitro benzene ring substituents is 1. The Hall–Kier alpha value is -1.93. The van der Waals surface area contributed by atoms with Crippen LogP contribution in [-0.2, 0) is 9.22 Å². The number of anilines is 1. The maximum absolute atomic E-state index is 12.3. The minimum atomic E-state index is -2.07. The quantitative estimate of drug-likeness (QED) is 0.507. The predicted octanol–water partition coefficient (Wildman–Crippen LogP) is 3.70. The van der Waals surface area contributed by atoms with Crippen LogP contribution < -0.4 is 10.1 Å². The van der Waals surface area contributed by atoms with E-state index in [0.717, 1.165) is 0 Å². The second kappa shape index (κ2) is 6.17. The molecule has 0 saturated carbocycles. The normalized spacial score (nSPS) is 19.1. The van der Waals surface area contributed by atoms with Crippen molar-refractivity contribution in [2.75, 3.05) is 5.32 Å². The van der Waals surface area contributed by atoms with Gasteiger partial charge in [0.15, 0.2) is 14.1 Å². The highest BCUT2D eigenvalue weighted by atomic mass is 28.4. The van der Waals surface area contributed by atoms with Gasteiger partial charge in [-0.3, -0.25) is 14.9 Å². The van der Waals surface area contributed by atoms with Crippen LogP contribution in [0.25, 0.3) is 0 Å². The zero-order valence-corrected chi connectivity index (χ0v) is 15.9. The fourth-order valence-electron chi connectivity index (χ4n) is 2.23. The molecule has 0 aromatic heterocycles. The minimum absolute atomic E-state index is 0.00307. The molecule has 1 amide bonds. The zero-order valence-electron chi connectivity index (χ0n) is 14.9. The van der Waals surface area contributed by atoms with Crippen LogP contribution in [-0.4, -0.2) is 31.4 Å². The average Bonchev–Trinajstić information content (AvgIpc) is 2.44. The van der Waals surface area contributed by atoms with Gasteiger partial charge in [-0.2, -0.15) is 0 Å². The molecule has 1 aromatic carbocycles. The van der Waals surface area contributed by atoms with Gasteiger partial charge in [-0.25, -0.2) is 0 Å². The number of non-ortho nitro benzene ring substituents is 1. The number of hydrogen-bond acceptors (Lipinski definition) is 5. The van der Waals surface area contributed by atoms with Crippen LogP contribution in [0.5, 0.6) is 5.75 Å². The van der Waals surface area contributed by atoms with E-state index < -0.39 is 25.4 Å². The Kier molecular flexibility index (Phi) is 4.74. The largest absolute Gasteiger partial charge is 0.475 e. The van der Waals surface area contributed by atoms with E-state index >= 15 is 0 Å². The third-order valence-corrected chi connectivity index (χ3v) is 9.23. The van der Waals surface area contributed by atoms with Crippen LogP contribution in [0.2, 0.25) is 18.1 Å². The lowest BCUT2D eigenvalue weighted by molar-refractivity contribution is -0.384. The van der Waals surface area contributed by atoms with Gasteiger partial charge in [0.05, 0.1) is 22.8 Å². The molecule has 0 saturated heterocycles. The maximum Gasteiger partial charge on any atom is 0.273 e. The van der Waals surface area contributed by atoms with Crippen LogP contribution in [0.4, 0.5) is 11.4 Å². The number of carbonyl (C=O) groups excluding carboxylic acids is 1. The van der Waals surface area contributed by atoms with Gasteiger partial charge in [0.25, 0.3) is 11.6 Å². The van der Waals surface area contributed by atoms with Gasteiger partial charge in [-0.1, -0.05) is 20.8 Å². The molecule has 0 fully saturated rings. The molecule has 1 aliphatic rings. The van der Waals surface area contributed by atoms with E-state index in [2.05, 4.69) is 39.2 Å². The van der Waals surface area contributed by atoms with Crippen LogP contribution in [0, 0.1) is 10.1 Å². The third kappa shape index (κ3) is 3.59. The van der Waals surface area contributed by atoms with Crippen LogP contribution in [0.15, 0.2) is 18.2 Å². The Morgan fingerprint density at radius 1 is 1.38 bits per heavy atom. The van der Waals surface area contributed by atoms with Crippen molar-refractivity contribution in [1.29, 1.82) is 0 Å². The molecule has 1 heterocycles. The van der Waals surface area contributed by atoms with Crippen LogP contribution in [0.1, 0.15) is 27.7 Å². The Bertz CT molecular complexity index is 669. The van der Waals surface area contributed by atoms with E-state index in [9.17, 15) is 14.9 Å². The number of rotatable bonds is 4. The number of hydrogen-bond donors (Lipinski definition) is 1. The van der Waals surface area contributed by atoms with Gasteiger partial charge in [-0.05, 0) is 31.1 Å². The van der Waals surface area contributed by atoms with E-state index in [1.807, 2.05) is 0 Å². The molecule has 0 spiro atoms. The lowest BCUT2D eigenvalue weighted by Crippen LogP contribution is -2.51. The first-order chi connectivity index (χ1) is 10.9. The third-order valence-electron chi connectivity index (χ3n) is 4.66. The summed E-state index contributed by atoms with van der Waals surface area (Å²) in [5, 5.41) is 13.6. The molecule has 8 heteroatoms. The molecule has 2 unspecified atom stereocenters. The van der Waals surface area contributed by atoms with Crippen molar-refractivity contribution in [1.82, 2.24) is 0 Å². The van der Waals surface area contributed by atoms with E-state index in [1.165, 1.54) is 18.2 Å². The fraction of sp³-hybridized carbons (Fsp3) is 0.562. The Morgan fingerprint density at radius 3 is 2.54 bits per heavy atom. The average molecular weight is 352 g/mol. The van der Waals surface area contributed by atoms with Crippen molar-refractivity contribution in [2.45, 2.75) is 58.0 Å². The van der Waals surface area contributed by atoms with E-state index in [0.29, 0.717) is 11.4 Å². The van der Waals surface area contributed by atoms with Crippen molar-refractivity contribution in [2.24, 2.45) is 0 Å². The van der Waals surface area contributed by atoms with Crippen molar-refractivity contribution >= 4 is 25.6 Å². The summed E-state index contributed by atoms with van der Waals surface area (Å²) in [5.41, 5.74) is 0.350. The number of nitrogens with zero attached hydrogens (tertiary/aromatic N) is 1. The second-order valence-electron chi connectivity index (χ2n) is 7.55. The van der Waals surface area contributed by atoms with Gasteiger partial charge < -0.3 is 14.5 Å². The molecule has 1 N–H and O–H groups in total. The van der Waals surface area contributed by atoms with Gasteiger partial charge in [0.2, 0.25) is 6.10 Å². The molecule has 24 heavy (non-hydrogen) atoms. The number of nitro groups is 1. The predicted molar refractivity (Wildman–Crippen MR) is 93.9 cm³/mol. The fourth-order valence-corrected chi connectivity index (χ4v) is 3.64. The van der Waals surface area contributed by atoms with Crippen molar-refractivity contribution < 1.29 is 18.9 Å².